The predicted octanol–water partition coefficient (Wildman–Crippen LogP) is 0.890. The maximum absolute atomic E-state index is 5.04. The molecular weight excluding hydrogens is 260 g/mol. The van der Waals surface area contributed by atoms with Crippen molar-refractivity contribution in [3.63, 3.8) is 0 Å². The molecule has 1 aliphatic heterocycles. The Labute approximate surface area is 119 Å². The first-order chi connectivity index (χ1) is 9.31. The topological polar surface area (TPSA) is 40.6 Å². The van der Waals surface area contributed by atoms with Gasteiger partial charge in [-0.05, 0) is 6.92 Å². The molecule has 0 bridgehead atoms. The van der Waals surface area contributed by atoms with Crippen LogP contribution in [0, 0.1) is 0 Å². The van der Waals surface area contributed by atoms with E-state index in [4.69, 9.17) is 4.74 Å². The third kappa shape index (κ3) is 4.42. The van der Waals surface area contributed by atoms with Gasteiger partial charge >= 0.3 is 0 Å². The number of rotatable bonds is 7. The molecule has 1 aromatic rings. The molecule has 6 heteroatoms. The fourth-order valence-electron chi connectivity index (χ4n) is 2.34. The van der Waals surface area contributed by atoms with E-state index in [1.54, 1.807) is 18.4 Å². The Kier molecular flexibility index (Phi) is 6.03. The SMILES string of the molecule is COCCNCC(C)N1CCN(c2nccs2)CC1. The van der Waals surface area contributed by atoms with Crippen LogP contribution < -0.4 is 10.2 Å². The van der Waals surface area contributed by atoms with Crippen LogP contribution in [0.4, 0.5) is 5.13 Å². The molecule has 108 valence electrons. The molecule has 1 unspecified atom stereocenters. The highest BCUT2D eigenvalue weighted by molar-refractivity contribution is 7.13. The van der Waals surface area contributed by atoms with Gasteiger partial charge in [-0.1, -0.05) is 0 Å². The summed E-state index contributed by atoms with van der Waals surface area (Å²) in [6.45, 7) is 9.43. The summed E-state index contributed by atoms with van der Waals surface area (Å²) in [6.07, 6.45) is 1.88. The molecule has 1 atom stereocenters. The molecule has 0 spiro atoms. The molecule has 5 nitrogen and oxygen atoms in total. The van der Waals surface area contributed by atoms with Crippen molar-refractivity contribution in [3.8, 4) is 0 Å². The van der Waals surface area contributed by atoms with Crippen LogP contribution in [0.1, 0.15) is 6.92 Å². The Bertz CT molecular complexity index is 338. The lowest BCUT2D eigenvalue weighted by atomic mass is 10.2. The maximum atomic E-state index is 5.04. The van der Waals surface area contributed by atoms with Gasteiger partial charge in [-0.25, -0.2) is 4.98 Å². The van der Waals surface area contributed by atoms with E-state index >= 15 is 0 Å². The van der Waals surface area contributed by atoms with Gasteiger partial charge in [0, 0.05) is 64.0 Å². The molecule has 1 aliphatic rings. The summed E-state index contributed by atoms with van der Waals surface area (Å²) in [5.74, 6) is 0. The highest BCUT2D eigenvalue weighted by atomic mass is 32.1. The van der Waals surface area contributed by atoms with E-state index in [9.17, 15) is 0 Å². The van der Waals surface area contributed by atoms with Crippen molar-refractivity contribution in [1.29, 1.82) is 0 Å². The molecule has 2 rings (SSSR count). The van der Waals surface area contributed by atoms with E-state index in [2.05, 4.69) is 27.0 Å². The largest absolute Gasteiger partial charge is 0.383 e. The number of ether oxygens (including phenoxy) is 1. The van der Waals surface area contributed by atoms with E-state index < -0.39 is 0 Å². The number of nitrogens with one attached hydrogen (secondary N) is 1. The van der Waals surface area contributed by atoms with Crippen molar-refractivity contribution in [2.75, 3.05) is 57.9 Å². The van der Waals surface area contributed by atoms with Crippen LogP contribution in [0.3, 0.4) is 0 Å². The number of aromatic nitrogens is 1. The van der Waals surface area contributed by atoms with Crippen molar-refractivity contribution in [2.24, 2.45) is 0 Å². The van der Waals surface area contributed by atoms with E-state index in [1.165, 1.54) is 0 Å². The smallest absolute Gasteiger partial charge is 0.185 e. The summed E-state index contributed by atoms with van der Waals surface area (Å²) < 4.78 is 5.04. The van der Waals surface area contributed by atoms with Crippen molar-refractivity contribution in [3.05, 3.63) is 11.6 Å². The first-order valence-corrected chi connectivity index (χ1v) is 7.77. The van der Waals surface area contributed by atoms with Crippen LogP contribution in [0.25, 0.3) is 0 Å². The summed E-state index contributed by atoms with van der Waals surface area (Å²) in [6, 6.07) is 0.579. The zero-order chi connectivity index (χ0) is 13.5. The van der Waals surface area contributed by atoms with E-state index in [0.717, 1.165) is 51.0 Å². The zero-order valence-corrected chi connectivity index (χ0v) is 12.7. The van der Waals surface area contributed by atoms with Gasteiger partial charge in [0.05, 0.1) is 6.61 Å². The third-order valence-electron chi connectivity index (χ3n) is 3.55. The highest BCUT2D eigenvalue weighted by Crippen LogP contribution is 2.19. The number of methoxy groups -OCH3 is 1. The summed E-state index contributed by atoms with van der Waals surface area (Å²) in [7, 11) is 1.74. The van der Waals surface area contributed by atoms with Gasteiger partial charge in [0.2, 0.25) is 0 Å². The minimum Gasteiger partial charge on any atom is -0.383 e. The van der Waals surface area contributed by atoms with E-state index in [0.29, 0.717) is 6.04 Å². The Morgan fingerprint density at radius 2 is 2.21 bits per heavy atom. The molecule has 0 amide bonds. The molecule has 0 aliphatic carbocycles. The molecule has 1 fully saturated rings. The highest BCUT2D eigenvalue weighted by Gasteiger charge is 2.21. The van der Waals surface area contributed by atoms with Crippen LogP contribution in [0.5, 0.6) is 0 Å². The third-order valence-corrected chi connectivity index (χ3v) is 4.38. The van der Waals surface area contributed by atoms with Crippen LogP contribution in [0.2, 0.25) is 0 Å². The lowest BCUT2D eigenvalue weighted by Crippen LogP contribution is -2.52. The van der Waals surface area contributed by atoms with E-state index in [1.807, 2.05) is 11.6 Å². The monoisotopic (exact) mass is 284 g/mol. The van der Waals surface area contributed by atoms with Crippen LogP contribution in [0.15, 0.2) is 11.6 Å². The molecular formula is C13H24N4OS. The fourth-order valence-corrected chi connectivity index (χ4v) is 3.04. The van der Waals surface area contributed by atoms with Crippen molar-refractivity contribution < 1.29 is 4.74 Å². The zero-order valence-electron chi connectivity index (χ0n) is 11.8. The molecule has 1 aromatic heterocycles. The second-order valence-electron chi connectivity index (χ2n) is 4.88. The summed E-state index contributed by atoms with van der Waals surface area (Å²) >= 11 is 1.73. The number of nitrogens with zero attached hydrogens (tertiary/aromatic N) is 3. The van der Waals surface area contributed by atoms with Crippen LogP contribution >= 0.6 is 11.3 Å². The quantitative estimate of drug-likeness (QED) is 0.753. The summed E-state index contributed by atoms with van der Waals surface area (Å²) in [5, 5.41) is 6.64. The number of piperazine rings is 1. The predicted molar refractivity (Wildman–Crippen MR) is 80.1 cm³/mol. The fraction of sp³-hybridized carbons (Fsp3) is 0.769. The van der Waals surface area contributed by atoms with Crippen molar-refractivity contribution in [1.82, 2.24) is 15.2 Å². The van der Waals surface area contributed by atoms with Gasteiger partial charge in [0.25, 0.3) is 0 Å². The molecule has 0 aromatic carbocycles. The molecule has 1 N–H and O–H groups in total. The second kappa shape index (κ2) is 7.79. The average molecular weight is 284 g/mol. The number of thiazole rings is 1. The van der Waals surface area contributed by atoms with Crippen molar-refractivity contribution in [2.45, 2.75) is 13.0 Å². The van der Waals surface area contributed by atoms with Gasteiger partial charge in [-0.3, -0.25) is 4.90 Å². The summed E-state index contributed by atoms with van der Waals surface area (Å²) in [4.78, 5) is 9.31. The van der Waals surface area contributed by atoms with Crippen LogP contribution in [-0.4, -0.2) is 68.9 Å². The molecule has 19 heavy (non-hydrogen) atoms. The lowest BCUT2D eigenvalue weighted by molar-refractivity contribution is 0.177. The van der Waals surface area contributed by atoms with Gasteiger partial charge < -0.3 is 15.0 Å². The average Bonchev–Trinajstić information content (AvgIpc) is 2.98. The van der Waals surface area contributed by atoms with Crippen LogP contribution in [-0.2, 0) is 4.74 Å². The Morgan fingerprint density at radius 3 is 2.84 bits per heavy atom. The lowest BCUT2D eigenvalue weighted by Gasteiger charge is -2.38. The van der Waals surface area contributed by atoms with Gasteiger partial charge in [0.1, 0.15) is 0 Å². The number of hydrogen-bond acceptors (Lipinski definition) is 6. The van der Waals surface area contributed by atoms with Gasteiger partial charge in [-0.15, -0.1) is 11.3 Å². The first kappa shape index (κ1) is 14.7. The number of anilines is 1. The molecule has 0 saturated carbocycles. The van der Waals surface area contributed by atoms with Gasteiger partial charge in [0.15, 0.2) is 5.13 Å². The Morgan fingerprint density at radius 1 is 1.42 bits per heavy atom. The Hall–Kier alpha value is -0.690. The van der Waals surface area contributed by atoms with E-state index in [-0.39, 0.29) is 0 Å². The minimum atomic E-state index is 0.579. The normalized spacial score (nSPS) is 18.7. The standard InChI is InChI=1S/C13H24N4OS/c1-12(11-14-3-9-18-2)16-5-7-17(8-6-16)13-15-4-10-19-13/h4,10,12,14H,3,5-9,11H2,1-2H3. The Balaban J connectivity index is 1.67. The first-order valence-electron chi connectivity index (χ1n) is 6.89. The maximum Gasteiger partial charge on any atom is 0.185 e. The minimum absolute atomic E-state index is 0.579. The van der Waals surface area contributed by atoms with Crippen molar-refractivity contribution >= 4 is 16.5 Å². The van der Waals surface area contributed by atoms with Gasteiger partial charge in [-0.2, -0.15) is 0 Å². The molecule has 2 heterocycles. The number of hydrogen-bond donors (Lipinski definition) is 1. The molecule has 1 saturated heterocycles. The second-order valence-corrected chi connectivity index (χ2v) is 5.76. The molecule has 0 radical (unpaired) electrons. The summed E-state index contributed by atoms with van der Waals surface area (Å²) in [5.41, 5.74) is 0.